The highest BCUT2D eigenvalue weighted by atomic mass is 16.5. The van der Waals surface area contributed by atoms with Crippen LogP contribution in [-0.2, 0) is 4.74 Å². The van der Waals surface area contributed by atoms with Gasteiger partial charge in [-0.05, 0) is 18.8 Å². The molecule has 1 fully saturated rings. The SMILES string of the molecule is COCC(O)(C(C)C)C1(C#N)CCCCCCC1. The minimum atomic E-state index is -1.03. The Labute approximate surface area is 111 Å². The Morgan fingerprint density at radius 3 is 2.11 bits per heavy atom. The molecule has 1 rings (SSSR count). The number of hydrogen-bond donors (Lipinski definition) is 1. The van der Waals surface area contributed by atoms with Gasteiger partial charge in [-0.15, -0.1) is 0 Å². The number of nitrogens with zero attached hydrogens (tertiary/aromatic N) is 1. The summed E-state index contributed by atoms with van der Waals surface area (Å²) >= 11 is 0. The van der Waals surface area contributed by atoms with Crippen LogP contribution in [0.5, 0.6) is 0 Å². The van der Waals surface area contributed by atoms with E-state index in [0.29, 0.717) is 0 Å². The number of nitriles is 1. The van der Waals surface area contributed by atoms with Gasteiger partial charge in [0.15, 0.2) is 0 Å². The topological polar surface area (TPSA) is 53.2 Å². The van der Waals surface area contributed by atoms with Crippen LogP contribution in [0.15, 0.2) is 0 Å². The van der Waals surface area contributed by atoms with E-state index in [0.717, 1.165) is 25.7 Å². The quantitative estimate of drug-likeness (QED) is 0.836. The lowest BCUT2D eigenvalue weighted by molar-refractivity contribution is -0.140. The lowest BCUT2D eigenvalue weighted by Crippen LogP contribution is -2.55. The van der Waals surface area contributed by atoms with Crippen LogP contribution >= 0.6 is 0 Å². The molecule has 0 aromatic heterocycles. The van der Waals surface area contributed by atoms with Crippen LogP contribution in [0.3, 0.4) is 0 Å². The molecule has 1 atom stereocenters. The zero-order valence-corrected chi connectivity index (χ0v) is 12.0. The fraction of sp³-hybridized carbons (Fsp3) is 0.933. The smallest absolute Gasteiger partial charge is 0.109 e. The van der Waals surface area contributed by atoms with E-state index < -0.39 is 11.0 Å². The van der Waals surface area contributed by atoms with Crippen molar-refractivity contribution in [2.24, 2.45) is 11.3 Å². The first kappa shape index (κ1) is 15.5. The molecule has 1 saturated carbocycles. The van der Waals surface area contributed by atoms with Crippen LogP contribution in [-0.4, -0.2) is 24.4 Å². The lowest BCUT2D eigenvalue weighted by atomic mass is 9.62. The van der Waals surface area contributed by atoms with E-state index in [2.05, 4.69) is 6.07 Å². The van der Waals surface area contributed by atoms with Crippen molar-refractivity contribution in [2.45, 2.75) is 64.4 Å². The number of aliphatic hydroxyl groups is 1. The maximum atomic E-state index is 11.0. The summed E-state index contributed by atoms with van der Waals surface area (Å²) in [7, 11) is 1.60. The number of methoxy groups -OCH3 is 1. The molecule has 1 N–H and O–H groups in total. The van der Waals surface area contributed by atoms with Crippen molar-refractivity contribution >= 4 is 0 Å². The molecule has 1 unspecified atom stereocenters. The van der Waals surface area contributed by atoms with E-state index >= 15 is 0 Å². The summed E-state index contributed by atoms with van der Waals surface area (Å²) in [6.07, 6.45) is 7.25. The standard InChI is InChI=1S/C15H27NO2/c1-13(2)15(17,12-18-3)14(11-16)9-7-5-4-6-8-10-14/h13,17H,4-10,12H2,1-3H3. The summed E-state index contributed by atoms with van der Waals surface area (Å²) in [5.74, 6) is 0.0246. The van der Waals surface area contributed by atoms with Crippen LogP contribution in [0.25, 0.3) is 0 Å². The third-order valence-electron chi connectivity index (χ3n) is 4.57. The van der Waals surface area contributed by atoms with E-state index in [4.69, 9.17) is 4.74 Å². The van der Waals surface area contributed by atoms with Crippen LogP contribution in [0.1, 0.15) is 58.8 Å². The molecule has 0 spiro atoms. The summed E-state index contributed by atoms with van der Waals surface area (Å²) in [6.45, 7) is 4.21. The Kier molecular flexibility index (Phi) is 5.62. The Hall–Kier alpha value is -0.590. The van der Waals surface area contributed by atoms with E-state index in [1.165, 1.54) is 19.3 Å². The summed E-state index contributed by atoms with van der Waals surface area (Å²) in [5.41, 5.74) is -1.68. The van der Waals surface area contributed by atoms with Gasteiger partial charge < -0.3 is 9.84 Å². The normalized spacial score (nSPS) is 23.8. The largest absolute Gasteiger partial charge is 0.386 e. The fourth-order valence-electron chi connectivity index (χ4n) is 3.23. The van der Waals surface area contributed by atoms with Gasteiger partial charge in [-0.1, -0.05) is 46.0 Å². The second-order valence-electron chi connectivity index (χ2n) is 5.97. The highest BCUT2D eigenvalue weighted by Gasteiger charge is 2.52. The third-order valence-corrected chi connectivity index (χ3v) is 4.57. The predicted molar refractivity (Wildman–Crippen MR) is 72.0 cm³/mol. The lowest BCUT2D eigenvalue weighted by Gasteiger charge is -2.46. The summed E-state index contributed by atoms with van der Waals surface area (Å²) in [6, 6.07) is 2.46. The zero-order chi connectivity index (χ0) is 13.6. The molecule has 0 saturated heterocycles. The Morgan fingerprint density at radius 2 is 1.72 bits per heavy atom. The molecule has 0 amide bonds. The van der Waals surface area contributed by atoms with Gasteiger partial charge in [0.2, 0.25) is 0 Å². The zero-order valence-electron chi connectivity index (χ0n) is 12.0. The second-order valence-corrected chi connectivity index (χ2v) is 5.97. The summed E-state index contributed by atoms with van der Waals surface area (Å²) in [4.78, 5) is 0. The number of ether oxygens (including phenoxy) is 1. The van der Waals surface area contributed by atoms with Crippen molar-refractivity contribution in [1.82, 2.24) is 0 Å². The highest BCUT2D eigenvalue weighted by molar-refractivity contribution is 5.13. The number of rotatable bonds is 4. The van der Waals surface area contributed by atoms with Crippen molar-refractivity contribution in [2.75, 3.05) is 13.7 Å². The molecule has 104 valence electrons. The molecule has 18 heavy (non-hydrogen) atoms. The molecule has 1 aliphatic carbocycles. The maximum absolute atomic E-state index is 11.0. The van der Waals surface area contributed by atoms with E-state index in [-0.39, 0.29) is 12.5 Å². The third kappa shape index (κ3) is 2.87. The maximum Gasteiger partial charge on any atom is 0.109 e. The Morgan fingerprint density at radius 1 is 1.22 bits per heavy atom. The van der Waals surface area contributed by atoms with Crippen LogP contribution in [0, 0.1) is 22.7 Å². The van der Waals surface area contributed by atoms with Crippen molar-refractivity contribution < 1.29 is 9.84 Å². The monoisotopic (exact) mass is 253 g/mol. The first-order valence-electron chi connectivity index (χ1n) is 7.15. The van der Waals surface area contributed by atoms with Crippen LogP contribution in [0.2, 0.25) is 0 Å². The highest BCUT2D eigenvalue weighted by Crippen LogP contribution is 2.46. The first-order valence-corrected chi connectivity index (χ1v) is 7.15. The van der Waals surface area contributed by atoms with Gasteiger partial charge in [0.25, 0.3) is 0 Å². The molecule has 3 heteroatoms. The van der Waals surface area contributed by atoms with Gasteiger partial charge in [-0.25, -0.2) is 0 Å². The van der Waals surface area contributed by atoms with E-state index in [1.807, 2.05) is 13.8 Å². The second kappa shape index (κ2) is 6.54. The first-order chi connectivity index (χ1) is 8.52. The van der Waals surface area contributed by atoms with Crippen molar-refractivity contribution in [3.63, 3.8) is 0 Å². The van der Waals surface area contributed by atoms with Crippen molar-refractivity contribution in [3.8, 4) is 6.07 Å². The van der Waals surface area contributed by atoms with Gasteiger partial charge in [0.05, 0.1) is 18.1 Å². The minimum absolute atomic E-state index is 0.0246. The minimum Gasteiger partial charge on any atom is -0.386 e. The van der Waals surface area contributed by atoms with Gasteiger partial charge in [0.1, 0.15) is 5.60 Å². The molecule has 1 aliphatic rings. The van der Waals surface area contributed by atoms with E-state index in [1.54, 1.807) is 7.11 Å². The van der Waals surface area contributed by atoms with Crippen molar-refractivity contribution in [3.05, 3.63) is 0 Å². The molecule has 0 aromatic carbocycles. The average Bonchev–Trinajstić information content (AvgIpc) is 2.29. The average molecular weight is 253 g/mol. The molecular weight excluding hydrogens is 226 g/mol. The van der Waals surface area contributed by atoms with Gasteiger partial charge in [0, 0.05) is 7.11 Å². The van der Waals surface area contributed by atoms with E-state index in [9.17, 15) is 10.4 Å². The molecule has 0 heterocycles. The number of hydrogen-bond acceptors (Lipinski definition) is 3. The summed E-state index contributed by atoms with van der Waals surface area (Å²) in [5, 5.41) is 20.7. The molecular formula is C15H27NO2. The van der Waals surface area contributed by atoms with Crippen LogP contribution in [0.4, 0.5) is 0 Å². The molecule has 0 bridgehead atoms. The fourth-order valence-corrected chi connectivity index (χ4v) is 3.23. The van der Waals surface area contributed by atoms with Crippen LogP contribution < -0.4 is 0 Å². The molecule has 0 aliphatic heterocycles. The van der Waals surface area contributed by atoms with Gasteiger partial charge >= 0.3 is 0 Å². The summed E-state index contributed by atoms with van der Waals surface area (Å²) < 4.78 is 5.22. The van der Waals surface area contributed by atoms with Crippen molar-refractivity contribution in [1.29, 1.82) is 5.26 Å². The predicted octanol–water partition coefficient (Wildman–Crippen LogP) is 3.27. The molecule has 0 aromatic rings. The van der Waals surface area contributed by atoms with Gasteiger partial charge in [-0.3, -0.25) is 0 Å². The van der Waals surface area contributed by atoms with Gasteiger partial charge in [-0.2, -0.15) is 5.26 Å². The Bertz CT molecular complexity index is 287. The molecule has 0 radical (unpaired) electrons. The Balaban J connectivity index is 3.04. The molecule has 3 nitrogen and oxygen atoms in total.